The van der Waals surface area contributed by atoms with Gasteiger partial charge in [0.2, 0.25) is 5.91 Å². The van der Waals surface area contributed by atoms with E-state index in [1.165, 1.54) is 14.7 Å². The van der Waals surface area contributed by atoms with Gasteiger partial charge in [0.25, 0.3) is 0 Å². The molecule has 1 fully saturated rings. The zero-order valence-electron chi connectivity index (χ0n) is 20.3. The summed E-state index contributed by atoms with van der Waals surface area (Å²) in [5.74, 6) is -1.01. The largest absolute Gasteiger partial charge is 0.397 e. The number of pyridine rings is 1. The van der Waals surface area contributed by atoms with Gasteiger partial charge in [-0.2, -0.15) is 13.2 Å². The van der Waals surface area contributed by atoms with Crippen molar-refractivity contribution in [2.75, 3.05) is 24.8 Å². The predicted octanol–water partition coefficient (Wildman–Crippen LogP) is 4.91. The topological polar surface area (TPSA) is 81.8 Å². The maximum absolute atomic E-state index is 13.8. The second kappa shape index (κ2) is 9.80. The van der Waals surface area contributed by atoms with Gasteiger partial charge in [-0.05, 0) is 31.4 Å². The van der Waals surface area contributed by atoms with E-state index in [1.54, 1.807) is 18.5 Å². The molecule has 2 aliphatic rings. The Morgan fingerprint density at radius 3 is 2.77 bits per heavy atom. The Morgan fingerprint density at radius 1 is 1.29 bits per heavy atom. The van der Waals surface area contributed by atoms with Gasteiger partial charge in [0, 0.05) is 44.6 Å². The number of ether oxygens (including phenoxy) is 1. The van der Waals surface area contributed by atoms with Crippen molar-refractivity contribution >= 4 is 36.7 Å². The van der Waals surface area contributed by atoms with E-state index in [1.807, 2.05) is 0 Å². The van der Waals surface area contributed by atoms with Crippen LogP contribution in [0.2, 0.25) is 25.7 Å². The van der Waals surface area contributed by atoms with Crippen LogP contribution >= 0.6 is 0 Å². The number of hydrogen-bond donors (Lipinski definition) is 1. The number of amides is 3. The van der Waals surface area contributed by atoms with Crippen molar-refractivity contribution in [1.29, 1.82) is 0 Å². The molecule has 1 saturated heterocycles. The van der Waals surface area contributed by atoms with Gasteiger partial charge in [0.05, 0.1) is 12.2 Å². The third-order valence-corrected chi connectivity index (χ3v) is 8.10. The van der Waals surface area contributed by atoms with E-state index in [0.29, 0.717) is 42.6 Å². The molecule has 2 aromatic heterocycles. The first-order chi connectivity index (χ1) is 16.4. The monoisotopic (exact) mass is 511 g/mol. The lowest BCUT2D eigenvalue weighted by molar-refractivity contribution is -0.163. The first-order valence-electron chi connectivity index (χ1n) is 11.9. The number of urea groups is 1. The molecule has 0 bridgehead atoms. The smallest absolute Gasteiger partial charge is 0.361 e. The molecule has 3 amide bonds. The van der Waals surface area contributed by atoms with Gasteiger partial charge < -0.3 is 14.6 Å². The number of aromatic amines is 1. The fourth-order valence-electron chi connectivity index (χ4n) is 4.63. The summed E-state index contributed by atoms with van der Waals surface area (Å²) in [6.45, 7) is 7.76. The highest BCUT2D eigenvalue weighted by atomic mass is 28.3. The van der Waals surface area contributed by atoms with E-state index >= 15 is 0 Å². The first kappa shape index (κ1) is 25.5. The highest BCUT2D eigenvalue weighted by molar-refractivity contribution is 6.76. The van der Waals surface area contributed by atoms with Crippen LogP contribution < -0.4 is 4.90 Å². The minimum atomic E-state index is -4.61. The molecule has 1 N–H and O–H groups in total. The normalized spacial score (nSPS) is 19.4. The van der Waals surface area contributed by atoms with Crippen LogP contribution in [0.25, 0.3) is 11.0 Å². The third kappa shape index (κ3) is 5.80. The van der Waals surface area contributed by atoms with Crippen LogP contribution in [-0.4, -0.2) is 72.0 Å². The number of nitrogens with zero attached hydrogens (tertiary/aromatic N) is 4. The van der Waals surface area contributed by atoms with Crippen LogP contribution in [0.4, 0.5) is 23.7 Å². The number of anilines is 1. The molecule has 35 heavy (non-hydrogen) atoms. The maximum Gasteiger partial charge on any atom is 0.397 e. The minimum Gasteiger partial charge on any atom is -0.361 e. The van der Waals surface area contributed by atoms with Crippen LogP contribution in [0.3, 0.4) is 0 Å². The van der Waals surface area contributed by atoms with Gasteiger partial charge in [-0.25, -0.2) is 9.78 Å². The Labute approximate surface area is 203 Å². The molecule has 192 valence electrons. The number of piperidine rings is 1. The second-order valence-corrected chi connectivity index (χ2v) is 16.0. The van der Waals surface area contributed by atoms with E-state index < -0.39 is 32.7 Å². The van der Waals surface area contributed by atoms with Crippen LogP contribution in [0.15, 0.2) is 18.5 Å². The van der Waals surface area contributed by atoms with Gasteiger partial charge in [-0.1, -0.05) is 19.6 Å². The number of halogens is 3. The SMILES string of the molecule is C[Si](C)(C)CCOCN1Cc2cnc3[nH]ccc3c2N(C2CCCCN2C(=O)CC(F)(F)F)C1=O. The third-order valence-electron chi connectivity index (χ3n) is 6.40. The average Bonchev–Trinajstić information content (AvgIpc) is 3.24. The number of rotatable bonds is 7. The van der Waals surface area contributed by atoms with Crippen molar-refractivity contribution in [3.63, 3.8) is 0 Å². The van der Waals surface area contributed by atoms with Crippen molar-refractivity contribution in [3.8, 4) is 0 Å². The molecular weight excluding hydrogens is 479 g/mol. The molecule has 0 aliphatic carbocycles. The number of fused-ring (bicyclic) bond motifs is 3. The number of carbonyl (C=O) groups excluding carboxylic acids is 2. The van der Waals surface area contributed by atoms with E-state index in [4.69, 9.17) is 4.74 Å². The molecule has 8 nitrogen and oxygen atoms in total. The van der Waals surface area contributed by atoms with E-state index in [0.717, 1.165) is 11.6 Å². The molecule has 2 aromatic rings. The van der Waals surface area contributed by atoms with E-state index in [-0.39, 0.29) is 25.9 Å². The Hall–Kier alpha value is -2.60. The molecule has 1 unspecified atom stereocenters. The van der Waals surface area contributed by atoms with E-state index in [2.05, 4.69) is 29.6 Å². The summed E-state index contributed by atoms with van der Waals surface area (Å²) in [6.07, 6.45) is -1.90. The summed E-state index contributed by atoms with van der Waals surface area (Å²) < 4.78 is 45.0. The van der Waals surface area contributed by atoms with Crippen molar-refractivity contribution < 1.29 is 27.5 Å². The number of likely N-dealkylation sites (tertiary alicyclic amines) is 1. The van der Waals surface area contributed by atoms with Gasteiger partial charge in [0.15, 0.2) is 0 Å². The Bertz CT molecular complexity index is 1080. The summed E-state index contributed by atoms with van der Waals surface area (Å²) in [7, 11) is -1.31. The van der Waals surface area contributed by atoms with Gasteiger partial charge in [-0.15, -0.1) is 0 Å². The minimum absolute atomic E-state index is 0.0631. The molecule has 0 radical (unpaired) electrons. The number of aromatic nitrogens is 2. The van der Waals surface area contributed by atoms with Crippen LogP contribution in [0, 0.1) is 0 Å². The summed E-state index contributed by atoms with van der Waals surface area (Å²) in [6, 6.07) is 2.37. The molecule has 2 aliphatic heterocycles. The predicted molar refractivity (Wildman–Crippen MR) is 129 cm³/mol. The lowest BCUT2D eigenvalue weighted by Gasteiger charge is -2.47. The molecule has 0 spiro atoms. The van der Waals surface area contributed by atoms with Gasteiger partial charge >= 0.3 is 12.2 Å². The van der Waals surface area contributed by atoms with Crippen LogP contribution in [0.1, 0.15) is 31.2 Å². The lowest BCUT2D eigenvalue weighted by atomic mass is 10.0. The van der Waals surface area contributed by atoms with Crippen molar-refractivity contribution in [2.45, 2.75) is 70.3 Å². The molecule has 0 aromatic carbocycles. The summed E-state index contributed by atoms with van der Waals surface area (Å²) in [5.41, 5.74) is 1.93. The molecule has 1 atom stereocenters. The number of alkyl halides is 3. The summed E-state index contributed by atoms with van der Waals surface area (Å²) >= 11 is 0. The van der Waals surface area contributed by atoms with Crippen molar-refractivity contribution in [1.82, 2.24) is 19.8 Å². The Balaban J connectivity index is 1.67. The zero-order chi connectivity index (χ0) is 25.4. The summed E-state index contributed by atoms with van der Waals surface area (Å²) in [5, 5.41) is 0.698. The maximum atomic E-state index is 13.8. The number of H-pyrrole nitrogens is 1. The summed E-state index contributed by atoms with van der Waals surface area (Å²) in [4.78, 5) is 38.2. The van der Waals surface area contributed by atoms with Gasteiger partial charge in [-0.3, -0.25) is 14.6 Å². The van der Waals surface area contributed by atoms with Crippen LogP contribution in [-0.2, 0) is 16.1 Å². The molecule has 0 saturated carbocycles. The number of hydrogen-bond acceptors (Lipinski definition) is 4. The molecule has 12 heteroatoms. The highest BCUT2D eigenvalue weighted by Crippen LogP contribution is 2.39. The average molecular weight is 512 g/mol. The highest BCUT2D eigenvalue weighted by Gasteiger charge is 2.43. The Morgan fingerprint density at radius 2 is 2.06 bits per heavy atom. The molecular formula is C23H32F3N5O3Si. The molecule has 4 heterocycles. The van der Waals surface area contributed by atoms with Crippen molar-refractivity contribution in [2.24, 2.45) is 0 Å². The standard InChI is InChI=1S/C23H32F3N5O3Si/c1-35(2,3)11-10-34-15-29-14-16-13-28-21-17(7-8-27-21)20(16)31(22(29)33)18-6-4-5-9-30(18)19(32)12-23(24,25)26/h7-8,13,18H,4-6,9-12,14-15H2,1-3H3,(H,27,28). The zero-order valence-corrected chi connectivity index (χ0v) is 21.3. The fraction of sp³-hybridized carbons (Fsp3) is 0.609. The second-order valence-electron chi connectivity index (χ2n) is 10.4. The Kier molecular flexibility index (Phi) is 7.14. The fourth-order valence-corrected chi connectivity index (χ4v) is 5.39. The lowest BCUT2D eigenvalue weighted by Crippen LogP contribution is -2.60. The number of nitrogens with one attached hydrogen (secondary N) is 1. The van der Waals surface area contributed by atoms with E-state index in [9.17, 15) is 22.8 Å². The molecule has 4 rings (SSSR count). The van der Waals surface area contributed by atoms with Gasteiger partial charge in [0.1, 0.15) is 25.0 Å². The van der Waals surface area contributed by atoms with Crippen LogP contribution in [0.5, 0.6) is 0 Å². The van der Waals surface area contributed by atoms with Crippen molar-refractivity contribution in [3.05, 3.63) is 24.0 Å². The first-order valence-corrected chi connectivity index (χ1v) is 15.6. The quantitative estimate of drug-likeness (QED) is 0.423. The number of carbonyl (C=O) groups is 2.